The number of carbonyl (C=O) groups is 1. The molecule has 0 fully saturated rings. The summed E-state index contributed by atoms with van der Waals surface area (Å²) in [5, 5.41) is 2.96. The molecule has 3 N–H and O–H groups in total. The summed E-state index contributed by atoms with van der Waals surface area (Å²) in [6.45, 7) is 3.62. The largest absolute Gasteiger partial charge is 0.495 e. The number of benzene rings is 1. The Kier molecular flexibility index (Phi) is 5.21. The quantitative estimate of drug-likeness (QED) is 0.650. The van der Waals surface area contributed by atoms with Crippen molar-refractivity contribution >= 4 is 29.2 Å². The van der Waals surface area contributed by atoms with E-state index in [0.717, 1.165) is 5.69 Å². The maximum Gasteiger partial charge on any atom is 0.237 e. The summed E-state index contributed by atoms with van der Waals surface area (Å²) in [4.78, 5) is 20.7. The first-order valence-electron chi connectivity index (χ1n) is 6.71. The molecule has 0 radical (unpaired) electrons. The number of methoxy groups -OCH3 is 1. The van der Waals surface area contributed by atoms with E-state index in [1.54, 1.807) is 32.2 Å². The zero-order chi connectivity index (χ0) is 16.1. The molecule has 2 rings (SSSR count). The Hall–Kier alpha value is -2.28. The van der Waals surface area contributed by atoms with Gasteiger partial charge in [0, 0.05) is 11.8 Å². The lowest BCUT2D eigenvalue weighted by molar-refractivity contribution is -0.115. The molecule has 7 heteroatoms. The van der Waals surface area contributed by atoms with Crippen LogP contribution in [0.15, 0.2) is 35.5 Å². The van der Waals surface area contributed by atoms with E-state index in [9.17, 15) is 4.79 Å². The number of nitrogens with one attached hydrogen (secondary N) is 1. The number of hydrogen-bond donors (Lipinski definition) is 2. The highest BCUT2D eigenvalue weighted by Crippen LogP contribution is 2.26. The third kappa shape index (κ3) is 4.11. The van der Waals surface area contributed by atoms with Gasteiger partial charge in [0.1, 0.15) is 11.6 Å². The number of carbonyl (C=O) groups excluding carboxylic acids is 1. The summed E-state index contributed by atoms with van der Waals surface area (Å²) < 4.78 is 5.21. The van der Waals surface area contributed by atoms with Gasteiger partial charge in [0.15, 0.2) is 5.16 Å². The van der Waals surface area contributed by atoms with Crippen LogP contribution in [-0.4, -0.2) is 28.2 Å². The van der Waals surface area contributed by atoms with Gasteiger partial charge >= 0.3 is 0 Å². The summed E-state index contributed by atoms with van der Waals surface area (Å²) in [5.74, 6) is 0.856. The number of amides is 1. The van der Waals surface area contributed by atoms with Crippen LogP contribution in [0.1, 0.15) is 12.6 Å². The molecule has 0 unspecified atom stereocenters. The molecule has 22 heavy (non-hydrogen) atoms. The van der Waals surface area contributed by atoms with Crippen molar-refractivity contribution < 1.29 is 9.53 Å². The first-order valence-corrected chi connectivity index (χ1v) is 7.59. The predicted molar refractivity (Wildman–Crippen MR) is 88.1 cm³/mol. The van der Waals surface area contributed by atoms with Gasteiger partial charge in [-0.3, -0.25) is 4.79 Å². The Labute approximate surface area is 133 Å². The van der Waals surface area contributed by atoms with Crippen molar-refractivity contribution in [3.63, 3.8) is 0 Å². The van der Waals surface area contributed by atoms with Crippen molar-refractivity contribution in [2.24, 2.45) is 0 Å². The van der Waals surface area contributed by atoms with E-state index in [1.165, 1.54) is 11.8 Å². The van der Waals surface area contributed by atoms with Gasteiger partial charge in [-0.2, -0.15) is 0 Å². The van der Waals surface area contributed by atoms with E-state index >= 15 is 0 Å². The molecular weight excluding hydrogens is 300 g/mol. The maximum atomic E-state index is 12.3. The average Bonchev–Trinajstić information content (AvgIpc) is 2.46. The van der Waals surface area contributed by atoms with Gasteiger partial charge in [0.2, 0.25) is 5.91 Å². The number of ether oxygens (including phenoxy) is 1. The lowest BCUT2D eigenvalue weighted by atomic mass is 10.3. The molecule has 0 saturated carbocycles. The Morgan fingerprint density at radius 2 is 2.09 bits per heavy atom. The lowest BCUT2D eigenvalue weighted by Crippen LogP contribution is -2.23. The molecule has 1 aromatic carbocycles. The number of nitrogen functional groups attached to an aromatic ring is 1. The van der Waals surface area contributed by atoms with Crippen LogP contribution in [0, 0.1) is 6.92 Å². The molecule has 0 aliphatic rings. The SMILES string of the molecule is COc1ccccc1NC(=O)[C@H](C)Sc1nc(C)cc(N)n1. The molecule has 1 aromatic heterocycles. The molecule has 0 aliphatic heterocycles. The minimum absolute atomic E-state index is 0.154. The molecular formula is C15H18N4O2S. The van der Waals surface area contributed by atoms with Crippen molar-refractivity contribution in [3.8, 4) is 5.75 Å². The van der Waals surface area contributed by atoms with Crippen molar-refractivity contribution in [2.45, 2.75) is 24.3 Å². The molecule has 2 aromatic rings. The van der Waals surface area contributed by atoms with Gasteiger partial charge in [0.25, 0.3) is 0 Å². The second-order valence-corrected chi connectivity index (χ2v) is 5.97. The normalized spacial score (nSPS) is 11.8. The molecule has 116 valence electrons. The topological polar surface area (TPSA) is 90.1 Å². The smallest absolute Gasteiger partial charge is 0.237 e. The van der Waals surface area contributed by atoms with Gasteiger partial charge in [-0.05, 0) is 26.0 Å². The van der Waals surface area contributed by atoms with Crippen LogP contribution in [-0.2, 0) is 4.79 Å². The van der Waals surface area contributed by atoms with Crippen LogP contribution in [0.4, 0.5) is 11.5 Å². The van der Waals surface area contributed by atoms with Gasteiger partial charge in [-0.15, -0.1) is 0 Å². The predicted octanol–water partition coefficient (Wildman–Crippen LogP) is 2.50. The number of aromatic nitrogens is 2. The highest BCUT2D eigenvalue weighted by atomic mass is 32.2. The molecule has 1 heterocycles. The summed E-state index contributed by atoms with van der Waals surface area (Å²) in [6, 6.07) is 8.94. The minimum Gasteiger partial charge on any atom is -0.495 e. The van der Waals surface area contributed by atoms with Crippen LogP contribution in [0.5, 0.6) is 5.75 Å². The second kappa shape index (κ2) is 7.13. The molecule has 1 amide bonds. The van der Waals surface area contributed by atoms with Crippen LogP contribution in [0.2, 0.25) is 0 Å². The summed E-state index contributed by atoms with van der Waals surface area (Å²) in [6.07, 6.45) is 0. The molecule has 0 saturated heterocycles. The van der Waals surface area contributed by atoms with Gasteiger partial charge in [-0.1, -0.05) is 23.9 Å². The zero-order valence-electron chi connectivity index (χ0n) is 12.7. The number of anilines is 2. The summed E-state index contributed by atoms with van der Waals surface area (Å²) >= 11 is 1.26. The second-order valence-electron chi connectivity index (χ2n) is 4.67. The third-order valence-corrected chi connectivity index (χ3v) is 3.83. The van der Waals surface area contributed by atoms with Crippen molar-refractivity contribution in [1.82, 2.24) is 9.97 Å². The Balaban J connectivity index is 2.06. The molecule has 0 bridgehead atoms. The fourth-order valence-electron chi connectivity index (χ4n) is 1.81. The van der Waals surface area contributed by atoms with Gasteiger partial charge in [-0.25, -0.2) is 9.97 Å². The number of rotatable bonds is 5. The van der Waals surface area contributed by atoms with E-state index in [0.29, 0.717) is 22.4 Å². The summed E-state index contributed by atoms with van der Waals surface area (Å²) in [5.41, 5.74) is 7.09. The van der Waals surface area contributed by atoms with Crippen LogP contribution >= 0.6 is 11.8 Å². The Bertz CT molecular complexity index is 658. The highest BCUT2D eigenvalue weighted by molar-refractivity contribution is 8.00. The number of thioether (sulfide) groups is 1. The standard InChI is InChI=1S/C15H18N4O2S/c1-9-8-13(16)19-15(17-9)22-10(2)14(20)18-11-6-4-5-7-12(11)21-3/h4-8,10H,1-3H3,(H,18,20)(H2,16,17,19)/t10-/m0/s1. The minimum atomic E-state index is -0.369. The number of para-hydroxylation sites is 2. The lowest BCUT2D eigenvalue weighted by Gasteiger charge is -2.13. The fourth-order valence-corrected chi connectivity index (χ4v) is 2.65. The third-order valence-electron chi connectivity index (χ3n) is 2.87. The Morgan fingerprint density at radius 1 is 1.36 bits per heavy atom. The number of nitrogens with two attached hydrogens (primary N) is 1. The monoisotopic (exact) mass is 318 g/mol. The summed E-state index contributed by atoms with van der Waals surface area (Å²) in [7, 11) is 1.56. The van der Waals surface area contributed by atoms with Crippen LogP contribution in [0.25, 0.3) is 0 Å². The molecule has 1 atom stereocenters. The molecule has 0 spiro atoms. The molecule has 6 nitrogen and oxygen atoms in total. The van der Waals surface area contributed by atoms with Gasteiger partial charge < -0.3 is 15.8 Å². The average molecular weight is 318 g/mol. The van der Waals surface area contributed by atoms with Gasteiger partial charge in [0.05, 0.1) is 18.0 Å². The van der Waals surface area contributed by atoms with E-state index < -0.39 is 0 Å². The van der Waals surface area contributed by atoms with Crippen molar-refractivity contribution in [1.29, 1.82) is 0 Å². The van der Waals surface area contributed by atoms with Crippen molar-refractivity contribution in [3.05, 3.63) is 36.0 Å². The van der Waals surface area contributed by atoms with E-state index in [2.05, 4.69) is 15.3 Å². The van der Waals surface area contributed by atoms with E-state index in [-0.39, 0.29) is 11.2 Å². The highest BCUT2D eigenvalue weighted by Gasteiger charge is 2.17. The maximum absolute atomic E-state index is 12.3. The zero-order valence-corrected chi connectivity index (χ0v) is 13.5. The first kappa shape index (κ1) is 16.1. The fraction of sp³-hybridized carbons (Fsp3) is 0.267. The molecule has 0 aliphatic carbocycles. The van der Waals surface area contributed by atoms with Crippen LogP contribution < -0.4 is 15.8 Å². The number of hydrogen-bond acceptors (Lipinski definition) is 6. The van der Waals surface area contributed by atoms with E-state index in [4.69, 9.17) is 10.5 Å². The number of aryl methyl sites for hydroxylation is 1. The Morgan fingerprint density at radius 3 is 2.77 bits per heavy atom. The first-order chi connectivity index (χ1) is 10.5. The van der Waals surface area contributed by atoms with E-state index in [1.807, 2.05) is 19.1 Å². The van der Waals surface area contributed by atoms with Crippen molar-refractivity contribution in [2.75, 3.05) is 18.2 Å². The number of nitrogens with zero attached hydrogens (tertiary/aromatic N) is 2. The van der Waals surface area contributed by atoms with Crippen LogP contribution in [0.3, 0.4) is 0 Å².